The number of nitrogens with zero attached hydrogens (tertiary/aromatic N) is 1. The molecule has 3 aromatic carbocycles. The summed E-state index contributed by atoms with van der Waals surface area (Å²) >= 11 is 3.42. The van der Waals surface area contributed by atoms with Crippen LogP contribution in [0.3, 0.4) is 0 Å². The summed E-state index contributed by atoms with van der Waals surface area (Å²) in [7, 11) is 2.90. The number of benzene rings is 3. The first-order valence-corrected chi connectivity index (χ1v) is 13.1. The molecule has 0 unspecified atom stereocenters. The molecule has 0 atom stereocenters. The maximum absolute atomic E-state index is 12.9. The molecule has 0 aromatic heterocycles. The van der Waals surface area contributed by atoms with Crippen LogP contribution in [0.1, 0.15) is 11.1 Å². The van der Waals surface area contributed by atoms with Crippen molar-refractivity contribution in [1.29, 1.82) is 0 Å². The van der Waals surface area contributed by atoms with Crippen LogP contribution in [0, 0.1) is 6.92 Å². The quantitative estimate of drug-likeness (QED) is 0.226. The summed E-state index contributed by atoms with van der Waals surface area (Å²) in [6.45, 7) is 1.18. The molecule has 0 saturated carbocycles. The molecular weight excluding hydrogens is 596 g/mol. The highest BCUT2D eigenvalue weighted by Gasteiger charge is 2.35. The van der Waals surface area contributed by atoms with E-state index in [1.165, 1.54) is 20.3 Å². The Morgan fingerprint density at radius 3 is 2.37 bits per heavy atom. The topological polar surface area (TPSA) is 135 Å². The first-order valence-electron chi connectivity index (χ1n) is 12.3. The van der Waals surface area contributed by atoms with E-state index in [2.05, 4.69) is 31.9 Å². The van der Waals surface area contributed by atoms with Crippen LogP contribution in [-0.2, 0) is 14.4 Å². The van der Waals surface area contributed by atoms with Crippen molar-refractivity contribution in [3.05, 3.63) is 82.0 Å². The molecule has 1 aliphatic rings. The molecule has 1 heterocycles. The van der Waals surface area contributed by atoms with Gasteiger partial charge >= 0.3 is 6.03 Å². The molecule has 4 rings (SSSR count). The summed E-state index contributed by atoms with van der Waals surface area (Å²) in [4.78, 5) is 51.2. The predicted octanol–water partition coefficient (Wildman–Crippen LogP) is 4.32. The van der Waals surface area contributed by atoms with E-state index >= 15 is 0 Å². The maximum Gasteiger partial charge on any atom is 0.329 e. The molecule has 3 N–H and O–H groups in total. The Bertz CT molecular complexity index is 1520. The minimum absolute atomic E-state index is 0.0276. The minimum atomic E-state index is -0.734. The highest BCUT2D eigenvalue weighted by Crippen LogP contribution is 2.37. The number of ether oxygens (including phenoxy) is 3. The van der Waals surface area contributed by atoms with Crippen LogP contribution in [0.5, 0.6) is 17.2 Å². The van der Waals surface area contributed by atoms with E-state index in [0.717, 1.165) is 10.5 Å². The number of hydrogen-bond donors (Lipinski definition) is 3. The van der Waals surface area contributed by atoms with Crippen LogP contribution in [0.2, 0.25) is 0 Å². The van der Waals surface area contributed by atoms with Gasteiger partial charge < -0.3 is 30.2 Å². The Morgan fingerprint density at radius 2 is 1.66 bits per heavy atom. The van der Waals surface area contributed by atoms with E-state index in [1.807, 2.05) is 19.1 Å². The third kappa shape index (κ3) is 7.22. The van der Waals surface area contributed by atoms with Gasteiger partial charge in [0.1, 0.15) is 18.0 Å². The van der Waals surface area contributed by atoms with Crippen LogP contribution in [0.15, 0.2) is 70.8 Å². The summed E-state index contributed by atoms with van der Waals surface area (Å²) in [6.07, 6.45) is 1.44. The Balaban J connectivity index is 1.42. The zero-order valence-electron chi connectivity index (χ0n) is 22.4. The molecule has 12 heteroatoms. The van der Waals surface area contributed by atoms with E-state index in [4.69, 9.17) is 14.2 Å². The predicted molar refractivity (Wildman–Crippen MR) is 156 cm³/mol. The highest BCUT2D eigenvalue weighted by molar-refractivity contribution is 9.10. The molecule has 1 fully saturated rings. The largest absolute Gasteiger partial charge is 0.495 e. The van der Waals surface area contributed by atoms with Crippen molar-refractivity contribution in [3.63, 3.8) is 0 Å². The number of para-hydroxylation sites is 2. The van der Waals surface area contributed by atoms with Gasteiger partial charge in [0.25, 0.3) is 11.8 Å². The van der Waals surface area contributed by atoms with Crippen molar-refractivity contribution in [2.45, 2.75) is 6.92 Å². The van der Waals surface area contributed by atoms with Crippen LogP contribution >= 0.6 is 15.9 Å². The zero-order chi connectivity index (χ0) is 29.5. The van der Waals surface area contributed by atoms with Crippen molar-refractivity contribution in [1.82, 2.24) is 10.2 Å². The molecule has 1 aliphatic heterocycles. The fourth-order valence-corrected chi connectivity index (χ4v) is 4.47. The number of hydrogen-bond acceptors (Lipinski definition) is 7. The van der Waals surface area contributed by atoms with Gasteiger partial charge in [-0.25, -0.2) is 9.69 Å². The van der Waals surface area contributed by atoms with Gasteiger partial charge in [0.15, 0.2) is 18.1 Å². The fraction of sp³-hybridized carbons (Fsp3) is 0.172. The number of carbonyl (C=O) groups excluding carboxylic acids is 4. The highest BCUT2D eigenvalue weighted by atomic mass is 79.9. The number of rotatable bonds is 10. The number of carbonyl (C=O) groups is 4. The summed E-state index contributed by atoms with van der Waals surface area (Å²) < 4.78 is 16.8. The first-order chi connectivity index (χ1) is 19.7. The third-order valence-electron chi connectivity index (χ3n) is 5.89. The van der Waals surface area contributed by atoms with Crippen LogP contribution in [0.25, 0.3) is 6.08 Å². The Labute approximate surface area is 244 Å². The molecule has 212 valence electrons. The normalized spacial score (nSPS) is 13.6. The molecule has 0 aliphatic carbocycles. The van der Waals surface area contributed by atoms with Gasteiger partial charge in [0.05, 0.1) is 24.4 Å². The molecule has 5 amide bonds. The van der Waals surface area contributed by atoms with Gasteiger partial charge in [0, 0.05) is 5.69 Å². The smallest absolute Gasteiger partial charge is 0.329 e. The molecule has 11 nitrogen and oxygen atoms in total. The van der Waals surface area contributed by atoms with E-state index in [-0.39, 0.29) is 24.0 Å². The third-order valence-corrected chi connectivity index (χ3v) is 6.48. The van der Waals surface area contributed by atoms with Crippen molar-refractivity contribution in [3.8, 4) is 17.2 Å². The van der Waals surface area contributed by atoms with E-state index in [9.17, 15) is 19.2 Å². The second-order valence-electron chi connectivity index (χ2n) is 8.86. The number of nitrogens with one attached hydrogen (secondary N) is 3. The number of amides is 5. The molecule has 0 bridgehead atoms. The van der Waals surface area contributed by atoms with Crippen molar-refractivity contribution >= 4 is 57.1 Å². The SMILES string of the molecule is COc1ccccc1NC(=O)CN1C(=O)N/C(=C/c2cc(Br)c(OCC(=O)Nc3ccc(C)cc3)c(OC)c2)C1=O. The lowest BCUT2D eigenvalue weighted by Crippen LogP contribution is -2.38. The standard InChI is InChI=1S/C29H27BrN4O7/c1-17-8-10-19(11-9-17)31-26(36)16-41-27-20(30)12-18(14-24(27)40-3)13-22-28(37)34(29(38)33-22)15-25(35)32-21-6-4-5-7-23(21)39-2/h4-14H,15-16H2,1-3H3,(H,31,36)(H,32,35)(H,33,38)/b22-13+. The number of halogens is 1. The van der Waals surface area contributed by atoms with Crippen LogP contribution < -0.4 is 30.2 Å². The lowest BCUT2D eigenvalue weighted by molar-refractivity contribution is -0.127. The summed E-state index contributed by atoms with van der Waals surface area (Å²) in [5.41, 5.74) is 2.60. The van der Waals surface area contributed by atoms with E-state index < -0.39 is 24.4 Å². The van der Waals surface area contributed by atoms with Gasteiger partial charge in [0.2, 0.25) is 5.91 Å². The number of aryl methyl sites for hydroxylation is 1. The van der Waals surface area contributed by atoms with Crippen LogP contribution in [-0.4, -0.2) is 56.0 Å². The number of imide groups is 1. The summed E-state index contributed by atoms with van der Waals surface area (Å²) in [5.74, 6) is -0.588. The lowest BCUT2D eigenvalue weighted by Gasteiger charge is -2.14. The van der Waals surface area contributed by atoms with Gasteiger partial charge in [-0.3, -0.25) is 14.4 Å². The van der Waals surface area contributed by atoms with Gasteiger partial charge in [-0.1, -0.05) is 29.8 Å². The first kappa shape index (κ1) is 29.2. The molecule has 41 heavy (non-hydrogen) atoms. The number of urea groups is 1. The zero-order valence-corrected chi connectivity index (χ0v) is 24.0. The fourth-order valence-electron chi connectivity index (χ4n) is 3.90. The summed E-state index contributed by atoms with van der Waals surface area (Å²) in [6, 6.07) is 16.6. The Hall–Kier alpha value is -4.84. The van der Waals surface area contributed by atoms with Crippen molar-refractivity contribution < 1.29 is 33.4 Å². The Kier molecular flexibility index (Phi) is 9.25. The molecule has 1 saturated heterocycles. The van der Waals surface area contributed by atoms with E-state index in [0.29, 0.717) is 32.9 Å². The Morgan fingerprint density at radius 1 is 0.951 bits per heavy atom. The molecule has 3 aromatic rings. The lowest BCUT2D eigenvalue weighted by atomic mass is 10.1. The molecule has 0 radical (unpaired) electrons. The average Bonchev–Trinajstić information content (AvgIpc) is 3.20. The van der Waals surface area contributed by atoms with Gasteiger partial charge in [-0.2, -0.15) is 0 Å². The van der Waals surface area contributed by atoms with Gasteiger partial charge in [-0.05, 0) is 70.9 Å². The van der Waals surface area contributed by atoms with E-state index in [1.54, 1.807) is 48.5 Å². The van der Waals surface area contributed by atoms with Crippen molar-refractivity contribution in [2.75, 3.05) is 38.0 Å². The second kappa shape index (κ2) is 13.0. The summed E-state index contributed by atoms with van der Waals surface area (Å²) in [5, 5.41) is 7.88. The van der Waals surface area contributed by atoms with Crippen LogP contribution in [0.4, 0.5) is 16.2 Å². The van der Waals surface area contributed by atoms with Gasteiger partial charge in [-0.15, -0.1) is 0 Å². The van der Waals surface area contributed by atoms with Crippen molar-refractivity contribution in [2.24, 2.45) is 0 Å². The minimum Gasteiger partial charge on any atom is -0.495 e. The second-order valence-corrected chi connectivity index (χ2v) is 9.72. The number of anilines is 2. The molecular formula is C29H27BrN4O7. The maximum atomic E-state index is 12.9. The number of methoxy groups -OCH3 is 2. The monoisotopic (exact) mass is 622 g/mol. The average molecular weight is 623 g/mol. The molecule has 0 spiro atoms.